The van der Waals surface area contributed by atoms with Gasteiger partial charge >= 0.3 is 0 Å². The molecule has 0 atom stereocenters. The van der Waals surface area contributed by atoms with E-state index >= 15 is 0 Å². The molecule has 1 heterocycles. The summed E-state index contributed by atoms with van der Waals surface area (Å²) in [4.78, 5) is 13.3. The number of pyridine rings is 1. The van der Waals surface area contributed by atoms with Crippen molar-refractivity contribution in [1.82, 2.24) is 4.98 Å². The number of H-pyrrole nitrogens is 1. The molecule has 0 spiro atoms. The van der Waals surface area contributed by atoms with Gasteiger partial charge in [-0.05, 0) is 28.7 Å². The van der Waals surface area contributed by atoms with Crippen LogP contribution in [0.4, 0.5) is 8.78 Å². The van der Waals surface area contributed by atoms with Gasteiger partial charge in [-0.1, -0.05) is 0 Å². The Bertz CT molecular complexity index is 364. The largest absolute Gasteiger partial charge is 0.325 e. The Morgan fingerprint density at radius 2 is 2.23 bits per heavy atom. The molecule has 0 aromatic carbocycles. The first-order valence-electron chi connectivity index (χ1n) is 3.46. The van der Waals surface area contributed by atoms with Gasteiger partial charge in [-0.15, -0.1) is 0 Å². The van der Waals surface area contributed by atoms with Crippen molar-refractivity contribution in [2.75, 3.05) is 0 Å². The van der Waals surface area contributed by atoms with E-state index in [1.165, 1.54) is 0 Å². The fraction of sp³-hybridized carbons (Fsp3) is 0.286. The van der Waals surface area contributed by atoms with Gasteiger partial charge < -0.3 is 10.7 Å². The predicted molar refractivity (Wildman–Crippen MR) is 52.6 cm³/mol. The van der Waals surface area contributed by atoms with Crippen LogP contribution in [0, 0.1) is 3.57 Å². The number of aromatic nitrogens is 1. The fourth-order valence-electron chi connectivity index (χ4n) is 0.922. The summed E-state index contributed by atoms with van der Waals surface area (Å²) < 4.78 is 24.9. The van der Waals surface area contributed by atoms with Gasteiger partial charge in [0.2, 0.25) is 0 Å². The van der Waals surface area contributed by atoms with Crippen LogP contribution in [-0.2, 0) is 6.54 Å². The topological polar surface area (TPSA) is 58.9 Å². The molecule has 3 N–H and O–H groups in total. The molecule has 0 aliphatic heterocycles. The first kappa shape index (κ1) is 10.6. The summed E-state index contributed by atoms with van der Waals surface area (Å²) in [6, 6.07) is 1.16. The Balaban J connectivity index is 3.33. The molecule has 0 saturated carbocycles. The molecule has 0 aliphatic carbocycles. The van der Waals surface area contributed by atoms with Crippen LogP contribution >= 0.6 is 22.6 Å². The van der Waals surface area contributed by atoms with Gasteiger partial charge in [0.25, 0.3) is 12.0 Å². The molecule has 6 heteroatoms. The number of nitrogens with one attached hydrogen (secondary N) is 1. The molecule has 0 fully saturated rings. The average molecular weight is 300 g/mol. The average Bonchev–Trinajstić information content (AvgIpc) is 2.08. The minimum Gasteiger partial charge on any atom is -0.325 e. The Labute approximate surface area is 86.5 Å². The summed E-state index contributed by atoms with van der Waals surface area (Å²) in [5.74, 6) is 0. The number of nitrogens with two attached hydrogens (primary N) is 1. The van der Waals surface area contributed by atoms with Crippen LogP contribution in [0.25, 0.3) is 0 Å². The van der Waals surface area contributed by atoms with E-state index < -0.39 is 6.43 Å². The van der Waals surface area contributed by atoms with Gasteiger partial charge in [0.05, 0.1) is 3.57 Å². The van der Waals surface area contributed by atoms with E-state index in [1.54, 1.807) is 22.6 Å². The summed E-state index contributed by atoms with van der Waals surface area (Å²) in [6.07, 6.45) is -2.61. The molecule has 72 valence electrons. The van der Waals surface area contributed by atoms with E-state index in [0.717, 1.165) is 6.07 Å². The monoisotopic (exact) mass is 300 g/mol. The lowest BCUT2D eigenvalue weighted by molar-refractivity contribution is 0.149. The smallest absolute Gasteiger partial charge is 0.265 e. The highest BCUT2D eigenvalue weighted by molar-refractivity contribution is 14.1. The number of rotatable bonds is 2. The standard InChI is InChI=1S/C7H7F2IN2O/c8-6(9)3-1-4(10)7(13)12-5(3)2-11/h1,6H,2,11H2,(H,12,13). The van der Waals surface area contributed by atoms with E-state index in [-0.39, 0.29) is 26.9 Å². The SMILES string of the molecule is NCc1[nH]c(=O)c(I)cc1C(F)F. The van der Waals surface area contributed by atoms with Gasteiger partial charge in [0, 0.05) is 17.8 Å². The minimum atomic E-state index is -2.61. The lowest BCUT2D eigenvalue weighted by atomic mass is 10.2. The fourth-order valence-corrected chi connectivity index (χ4v) is 1.39. The van der Waals surface area contributed by atoms with Gasteiger partial charge in [0.15, 0.2) is 0 Å². The Kier molecular flexibility index (Phi) is 3.37. The van der Waals surface area contributed by atoms with Crippen molar-refractivity contribution >= 4 is 22.6 Å². The Hall–Kier alpha value is -0.500. The van der Waals surface area contributed by atoms with Crippen molar-refractivity contribution in [3.05, 3.63) is 31.2 Å². The molecule has 3 nitrogen and oxygen atoms in total. The van der Waals surface area contributed by atoms with Crippen LogP contribution in [0.3, 0.4) is 0 Å². The van der Waals surface area contributed by atoms with E-state index in [2.05, 4.69) is 4.98 Å². The van der Waals surface area contributed by atoms with Gasteiger partial charge in [-0.2, -0.15) is 0 Å². The highest BCUT2D eigenvalue weighted by Crippen LogP contribution is 2.21. The number of hydrogen-bond donors (Lipinski definition) is 2. The molecule has 0 aliphatic rings. The quantitative estimate of drug-likeness (QED) is 0.811. The van der Waals surface area contributed by atoms with Gasteiger partial charge in [-0.25, -0.2) is 8.78 Å². The summed E-state index contributed by atoms with van der Waals surface area (Å²) >= 11 is 1.70. The summed E-state index contributed by atoms with van der Waals surface area (Å²) in [5.41, 5.74) is 4.71. The van der Waals surface area contributed by atoms with Crippen molar-refractivity contribution in [1.29, 1.82) is 0 Å². The summed E-state index contributed by atoms with van der Waals surface area (Å²) in [5, 5.41) is 0. The molecule has 1 rings (SSSR count). The van der Waals surface area contributed by atoms with Crippen LogP contribution in [0.1, 0.15) is 17.7 Å². The maximum absolute atomic E-state index is 12.3. The first-order chi connectivity index (χ1) is 6.06. The molecule has 13 heavy (non-hydrogen) atoms. The molecule has 0 radical (unpaired) electrons. The molecular weight excluding hydrogens is 293 g/mol. The second kappa shape index (κ2) is 4.14. The zero-order valence-corrected chi connectivity index (χ0v) is 8.64. The highest BCUT2D eigenvalue weighted by Gasteiger charge is 2.14. The van der Waals surface area contributed by atoms with Gasteiger partial charge in [0.1, 0.15) is 0 Å². The van der Waals surface area contributed by atoms with Crippen molar-refractivity contribution in [3.8, 4) is 0 Å². The van der Waals surface area contributed by atoms with Crippen LogP contribution in [0.15, 0.2) is 10.9 Å². The molecule has 0 bridgehead atoms. The highest BCUT2D eigenvalue weighted by atomic mass is 127. The van der Waals surface area contributed by atoms with E-state index in [0.29, 0.717) is 0 Å². The summed E-state index contributed by atoms with van der Waals surface area (Å²) in [7, 11) is 0. The Morgan fingerprint density at radius 3 is 2.69 bits per heavy atom. The number of aromatic amines is 1. The summed E-state index contributed by atoms with van der Waals surface area (Å²) in [6.45, 7) is -0.0914. The van der Waals surface area contributed by atoms with E-state index in [9.17, 15) is 13.6 Å². The molecule has 0 amide bonds. The maximum Gasteiger partial charge on any atom is 0.265 e. The van der Waals surface area contributed by atoms with Crippen molar-refractivity contribution < 1.29 is 8.78 Å². The predicted octanol–water partition coefficient (Wildman–Crippen LogP) is 1.38. The third-order valence-electron chi connectivity index (χ3n) is 1.55. The van der Waals surface area contributed by atoms with E-state index in [4.69, 9.17) is 5.73 Å². The zero-order valence-electron chi connectivity index (χ0n) is 6.48. The molecule has 1 aromatic heterocycles. The third-order valence-corrected chi connectivity index (χ3v) is 2.35. The van der Waals surface area contributed by atoms with Crippen LogP contribution in [0.5, 0.6) is 0 Å². The second-order valence-corrected chi connectivity index (χ2v) is 3.55. The number of hydrogen-bond acceptors (Lipinski definition) is 2. The molecular formula is C7H7F2IN2O. The minimum absolute atomic E-state index is 0.0914. The maximum atomic E-state index is 12.3. The molecule has 0 saturated heterocycles. The van der Waals surface area contributed by atoms with Crippen LogP contribution < -0.4 is 11.3 Å². The number of halogens is 3. The first-order valence-corrected chi connectivity index (χ1v) is 4.54. The van der Waals surface area contributed by atoms with Crippen molar-refractivity contribution in [3.63, 3.8) is 0 Å². The van der Waals surface area contributed by atoms with Crippen LogP contribution in [-0.4, -0.2) is 4.98 Å². The normalized spacial score (nSPS) is 10.8. The van der Waals surface area contributed by atoms with Crippen LogP contribution in [0.2, 0.25) is 0 Å². The lowest BCUT2D eigenvalue weighted by Gasteiger charge is -2.06. The van der Waals surface area contributed by atoms with E-state index in [1.807, 2.05) is 0 Å². The number of alkyl halides is 2. The van der Waals surface area contributed by atoms with Gasteiger partial charge in [-0.3, -0.25) is 4.79 Å². The second-order valence-electron chi connectivity index (χ2n) is 2.39. The van der Waals surface area contributed by atoms with Crippen molar-refractivity contribution in [2.24, 2.45) is 5.73 Å². The zero-order chi connectivity index (χ0) is 10.0. The Morgan fingerprint density at radius 1 is 1.62 bits per heavy atom. The van der Waals surface area contributed by atoms with Crippen molar-refractivity contribution in [2.45, 2.75) is 13.0 Å². The molecule has 0 unspecified atom stereocenters. The lowest BCUT2D eigenvalue weighted by Crippen LogP contribution is -2.17. The molecule has 1 aromatic rings. The third kappa shape index (κ3) is 2.25.